The number of hydrogen-bond acceptors (Lipinski definition) is 5. The van der Waals surface area contributed by atoms with Crippen LogP contribution in [-0.2, 0) is 11.3 Å². The average molecular weight is 568 g/mol. The zero-order valence-corrected chi connectivity index (χ0v) is 25.2. The molecule has 1 N–H and O–H groups in total. The number of amides is 1. The maximum absolute atomic E-state index is 12.6. The summed E-state index contributed by atoms with van der Waals surface area (Å²) in [5, 5.41) is 5.00. The van der Waals surface area contributed by atoms with E-state index in [1.807, 2.05) is 53.5 Å². The van der Waals surface area contributed by atoms with Gasteiger partial charge in [0.25, 0.3) is 5.91 Å². The minimum atomic E-state index is -0.214. The van der Waals surface area contributed by atoms with Crippen molar-refractivity contribution in [2.24, 2.45) is 0 Å². The van der Waals surface area contributed by atoms with E-state index in [0.29, 0.717) is 30.4 Å². The van der Waals surface area contributed by atoms with Crippen LogP contribution in [0.25, 0.3) is 0 Å². The van der Waals surface area contributed by atoms with Gasteiger partial charge in [0.15, 0.2) is 30.8 Å². The highest BCUT2D eigenvalue weighted by molar-refractivity contribution is 7.07. The minimum Gasteiger partial charge on any atom is -0.493 e. The molecule has 0 saturated heterocycles. The number of carbonyl (C=O) groups is 1. The number of anilines is 1. The molecule has 0 spiro atoms. The number of nitrogens with one attached hydrogen (secondary N) is 1. The molecule has 40 heavy (non-hydrogen) atoms. The van der Waals surface area contributed by atoms with Gasteiger partial charge in [-0.25, -0.2) is 0 Å². The van der Waals surface area contributed by atoms with Crippen molar-refractivity contribution in [2.45, 2.75) is 90.5 Å². The first-order valence-electron chi connectivity index (χ1n) is 14.9. The van der Waals surface area contributed by atoms with Crippen molar-refractivity contribution in [2.75, 3.05) is 25.6 Å². The van der Waals surface area contributed by atoms with Crippen LogP contribution in [0, 0.1) is 0 Å². The van der Waals surface area contributed by atoms with Gasteiger partial charge in [0.2, 0.25) is 5.51 Å². The van der Waals surface area contributed by atoms with Crippen LogP contribution in [0.4, 0.5) is 5.69 Å². The lowest BCUT2D eigenvalue weighted by Crippen LogP contribution is -2.31. The molecule has 7 heteroatoms. The van der Waals surface area contributed by atoms with Gasteiger partial charge in [-0.05, 0) is 24.6 Å². The zero-order valence-electron chi connectivity index (χ0n) is 24.4. The van der Waals surface area contributed by atoms with Gasteiger partial charge in [-0.2, -0.15) is 4.57 Å². The van der Waals surface area contributed by atoms with Crippen LogP contribution in [0.2, 0.25) is 0 Å². The Morgan fingerprint density at radius 3 is 2.23 bits per heavy atom. The molecule has 3 rings (SSSR count). The Kier molecular flexibility index (Phi) is 15.0. The second kappa shape index (κ2) is 19.1. The minimum absolute atomic E-state index is 0.0951. The molecule has 218 valence electrons. The molecule has 2 aromatic carbocycles. The average Bonchev–Trinajstić information content (AvgIpc) is 3.49. The lowest BCUT2D eigenvalue weighted by Gasteiger charge is -2.13. The van der Waals surface area contributed by atoms with Crippen LogP contribution >= 0.6 is 11.3 Å². The van der Waals surface area contributed by atoms with Crippen LogP contribution in [0.3, 0.4) is 0 Å². The van der Waals surface area contributed by atoms with Crippen LogP contribution in [0.1, 0.15) is 89.5 Å². The van der Waals surface area contributed by atoms with E-state index in [0.717, 1.165) is 17.7 Å². The van der Waals surface area contributed by atoms with Crippen molar-refractivity contribution in [3.05, 3.63) is 65.1 Å². The quantitative estimate of drug-likeness (QED) is 0.104. The number of nitrogens with zero attached hydrogens (tertiary/aromatic N) is 1. The third-order valence-corrected chi connectivity index (χ3v) is 7.60. The molecule has 6 nitrogen and oxygen atoms in total. The van der Waals surface area contributed by atoms with E-state index < -0.39 is 0 Å². The molecular formula is C33H47N2O4S+. The van der Waals surface area contributed by atoms with Crippen molar-refractivity contribution < 1.29 is 23.6 Å². The summed E-state index contributed by atoms with van der Waals surface area (Å²) in [6, 6.07) is 13.2. The summed E-state index contributed by atoms with van der Waals surface area (Å²) >= 11 is 1.64. The maximum Gasteiger partial charge on any atom is 0.262 e. The first kappa shape index (κ1) is 31.5. The van der Waals surface area contributed by atoms with Gasteiger partial charge in [0, 0.05) is 11.6 Å². The second-order valence-electron chi connectivity index (χ2n) is 10.2. The number of aromatic nitrogens is 1. The van der Waals surface area contributed by atoms with Crippen molar-refractivity contribution in [3.63, 3.8) is 0 Å². The maximum atomic E-state index is 12.6. The summed E-state index contributed by atoms with van der Waals surface area (Å²) in [5.74, 6) is 1.65. The summed E-state index contributed by atoms with van der Waals surface area (Å²) in [6.45, 7) is 3.53. The van der Waals surface area contributed by atoms with Gasteiger partial charge in [-0.3, -0.25) is 4.79 Å². The molecule has 0 aliphatic heterocycles. The predicted molar refractivity (Wildman–Crippen MR) is 164 cm³/mol. The van der Waals surface area contributed by atoms with Gasteiger partial charge >= 0.3 is 0 Å². The topological polar surface area (TPSA) is 60.7 Å². The lowest BCUT2D eigenvalue weighted by molar-refractivity contribution is -0.683. The molecular weight excluding hydrogens is 520 g/mol. The molecule has 0 aliphatic carbocycles. The molecule has 1 heterocycles. The Bertz CT molecular complexity index is 1100. The fourth-order valence-electron chi connectivity index (χ4n) is 4.65. The molecule has 1 amide bonds. The van der Waals surface area contributed by atoms with E-state index in [1.54, 1.807) is 24.5 Å². The number of hydrogen-bond donors (Lipinski definition) is 1. The van der Waals surface area contributed by atoms with E-state index in [9.17, 15) is 4.79 Å². The Hall–Kier alpha value is -3.06. The van der Waals surface area contributed by atoms with Gasteiger partial charge in [0.05, 0.1) is 24.8 Å². The molecule has 0 aliphatic rings. The monoisotopic (exact) mass is 567 g/mol. The van der Waals surface area contributed by atoms with Crippen molar-refractivity contribution >= 4 is 22.9 Å². The van der Waals surface area contributed by atoms with Crippen molar-refractivity contribution in [3.8, 4) is 17.2 Å². The number of benzene rings is 2. The number of methoxy groups -OCH3 is 1. The van der Waals surface area contributed by atoms with Gasteiger partial charge in [0.1, 0.15) is 5.75 Å². The number of thiazole rings is 1. The van der Waals surface area contributed by atoms with E-state index in [-0.39, 0.29) is 12.5 Å². The zero-order chi connectivity index (χ0) is 28.3. The Morgan fingerprint density at radius 2 is 1.55 bits per heavy atom. The fourth-order valence-corrected chi connectivity index (χ4v) is 5.24. The second-order valence-corrected chi connectivity index (χ2v) is 11.0. The van der Waals surface area contributed by atoms with Crippen LogP contribution in [0.15, 0.2) is 59.6 Å². The Morgan fingerprint density at radius 1 is 0.850 bits per heavy atom. The van der Waals surface area contributed by atoms with Crippen molar-refractivity contribution in [1.29, 1.82) is 0 Å². The van der Waals surface area contributed by atoms with E-state index in [2.05, 4.69) is 16.8 Å². The summed E-state index contributed by atoms with van der Waals surface area (Å²) in [7, 11) is 1.62. The Labute approximate surface area is 244 Å². The van der Waals surface area contributed by atoms with Crippen molar-refractivity contribution in [1.82, 2.24) is 0 Å². The summed E-state index contributed by atoms with van der Waals surface area (Å²) in [6.07, 6.45) is 17.8. The van der Waals surface area contributed by atoms with Gasteiger partial charge < -0.3 is 19.5 Å². The molecule has 3 aromatic rings. The summed E-state index contributed by atoms with van der Waals surface area (Å²) in [4.78, 5) is 12.6. The first-order chi connectivity index (χ1) is 19.7. The molecule has 0 atom stereocenters. The standard InChI is InChI=1S/C33H46N2O4S/c1-3-4-5-6-7-8-9-10-11-12-13-16-22-38-31-20-19-29(24-32(31)37-2)39-26-33(36)34-30-18-15-14-17-28(30)25-35-21-23-40-27-35/h14-15,17-21,23-24,27H,3-13,16,22,25-26H2,1-2H3/p+1. The van der Waals surface area contributed by atoms with Crippen LogP contribution < -0.4 is 24.1 Å². The van der Waals surface area contributed by atoms with Crippen LogP contribution in [-0.4, -0.2) is 26.2 Å². The number of para-hydroxylation sites is 1. The first-order valence-corrected chi connectivity index (χ1v) is 15.9. The number of ether oxygens (including phenoxy) is 3. The number of unbranched alkanes of at least 4 members (excludes halogenated alkanes) is 11. The van der Waals surface area contributed by atoms with Gasteiger partial charge in [-0.15, -0.1) is 0 Å². The largest absolute Gasteiger partial charge is 0.493 e. The number of carbonyl (C=O) groups excluding carboxylic acids is 1. The lowest BCUT2D eigenvalue weighted by atomic mass is 10.1. The summed E-state index contributed by atoms with van der Waals surface area (Å²) in [5.41, 5.74) is 3.87. The Balaban J connectivity index is 1.32. The van der Waals surface area contributed by atoms with E-state index in [4.69, 9.17) is 14.2 Å². The third kappa shape index (κ3) is 12.0. The smallest absolute Gasteiger partial charge is 0.262 e. The highest BCUT2D eigenvalue weighted by Gasteiger charge is 2.12. The van der Waals surface area contributed by atoms with Gasteiger partial charge in [-0.1, -0.05) is 107 Å². The molecule has 0 fully saturated rings. The molecule has 0 saturated carbocycles. The molecule has 1 aromatic heterocycles. The van der Waals surface area contributed by atoms with E-state index in [1.165, 1.54) is 70.6 Å². The number of rotatable bonds is 21. The fraction of sp³-hybridized carbons (Fsp3) is 0.515. The van der Waals surface area contributed by atoms with E-state index >= 15 is 0 Å². The highest BCUT2D eigenvalue weighted by Crippen LogP contribution is 2.31. The predicted octanol–water partition coefficient (Wildman–Crippen LogP) is 8.19. The third-order valence-electron chi connectivity index (χ3n) is 6.93. The molecule has 0 bridgehead atoms. The van der Waals surface area contributed by atoms with Crippen LogP contribution in [0.5, 0.6) is 17.2 Å². The highest BCUT2D eigenvalue weighted by atomic mass is 32.1. The molecule has 0 unspecified atom stereocenters. The summed E-state index contributed by atoms with van der Waals surface area (Å²) < 4.78 is 19.3. The SMILES string of the molecule is CCCCCCCCCCCCCCOc1ccc(OCC(=O)Nc2ccccc2C[n+]2ccsc2)cc1OC. The molecule has 0 radical (unpaired) electrons. The normalized spacial score (nSPS) is 10.8.